The molecule has 1 aromatic heterocycles. The maximum absolute atomic E-state index is 12.1. The van der Waals surface area contributed by atoms with Crippen LogP contribution in [0.3, 0.4) is 0 Å². The smallest absolute Gasteiger partial charge is 0.310 e. The summed E-state index contributed by atoms with van der Waals surface area (Å²) in [6.07, 6.45) is 1.73. The molecule has 0 aliphatic heterocycles. The van der Waals surface area contributed by atoms with E-state index in [1.165, 1.54) is 25.3 Å². The molecule has 144 valence electrons. The number of esters is 1. The quantitative estimate of drug-likeness (QED) is 0.367. The van der Waals surface area contributed by atoms with Crippen LogP contribution in [0.15, 0.2) is 48.7 Å². The highest BCUT2D eigenvalue weighted by Gasteiger charge is 2.15. The van der Waals surface area contributed by atoms with Crippen LogP contribution in [0.25, 0.3) is 10.9 Å². The zero-order valence-electron chi connectivity index (χ0n) is 14.9. The van der Waals surface area contributed by atoms with Gasteiger partial charge in [-0.1, -0.05) is 18.2 Å². The number of para-hydroxylation sites is 1. The van der Waals surface area contributed by atoms with Crippen molar-refractivity contribution in [3.63, 3.8) is 0 Å². The highest BCUT2D eigenvalue weighted by Crippen LogP contribution is 2.28. The summed E-state index contributed by atoms with van der Waals surface area (Å²) in [6, 6.07) is 11.3. The van der Waals surface area contributed by atoms with Gasteiger partial charge >= 0.3 is 5.97 Å². The van der Waals surface area contributed by atoms with Crippen LogP contribution in [0.5, 0.6) is 5.75 Å². The number of aromatic amines is 1. The molecule has 9 heteroatoms. The highest BCUT2D eigenvalue weighted by atomic mass is 16.6. The van der Waals surface area contributed by atoms with E-state index in [0.29, 0.717) is 0 Å². The molecule has 0 spiro atoms. The molecule has 28 heavy (non-hydrogen) atoms. The van der Waals surface area contributed by atoms with Crippen LogP contribution in [0.1, 0.15) is 5.56 Å². The number of carbonyl (C=O) groups is 2. The summed E-state index contributed by atoms with van der Waals surface area (Å²) in [5.74, 6) is -0.943. The number of hydrogen-bond donors (Lipinski definition) is 2. The number of nitro groups is 1. The average molecular weight is 383 g/mol. The third-order valence-corrected chi connectivity index (χ3v) is 4.04. The normalized spacial score (nSPS) is 10.5. The lowest BCUT2D eigenvalue weighted by atomic mass is 10.1. The monoisotopic (exact) mass is 383 g/mol. The second kappa shape index (κ2) is 8.21. The zero-order valence-corrected chi connectivity index (χ0v) is 14.9. The van der Waals surface area contributed by atoms with E-state index in [2.05, 4.69) is 10.3 Å². The van der Waals surface area contributed by atoms with Crippen LogP contribution >= 0.6 is 0 Å². The lowest BCUT2D eigenvalue weighted by Gasteiger charge is -2.10. The number of non-ortho nitro benzene ring substituents is 1. The molecular formula is C19H17N3O6. The van der Waals surface area contributed by atoms with E-state index >= 15 is 0 Å². The van der Waals surface area contributed by atoms with Crippen molar-refractivity contribution in [2.75, 3.05) is 19.0 Å². The Labute approximate surface area is 159 Å². The van der Waals surface area contributed by atoms with Gasteiger partial charge in [-0.15, -0.1) is 0 Å². The van der Waals surface area contributed by atoms with Crippen molar-refractivity contribution in [3.8, 4) is 5.75 Å². The summed E-state index contributed by atoms with van der Waals surface area (Å²) in [6.45, 7) is -0.521. The van der Waals surface area contributed by atoms with Crippen molar-refractivity contribution in [2.45, 2.75) is 6.42 Å². The van der Waals surface area contributed by atoms with Gasteiger partial charge in [0.2, 0.25) is 0 Å². The summed E-state index contributed by atoms with van der Waals surface area (Å²) in [5, 5.41) is 14.2. The standard InChI is InChI=1S/C19H17N3O6/c1-27-17-7-6-13(22(25)26)9-16(17)21-18(23)11-28-19(24)8-12-10-20-15-5-3-2-4-14(12)15/h2-7,9-10,20H,8,11H2,1H3,(H,21,23). The summed E-state index contributed by atoms with van der Waals surface area (Å²) in [4.78, 5) is 37.5. The number of rotatable bonds is 7. The SMILES string of the molecule is COc1ccc([N+](=O)[O-])cc1NC(=O)COC(=O)Cc1c[nH]c2ccccc12. The van der Waals surface area contributed by atoms with Crippen molar-refractivity contribution in [3.05, 3.63) is 64.3 Å². The number of amides is 1. The number of nitrogens with zero attached hydrogens (tertiary/aromatic N) is 1. The molecule has 3 aromatic rings. The lowest BCUT2D eigenvalue weighted by Crippen LogP contribution is -2.22. The minimum atomic E-state index is -0.633. The fourth-order valence-electron chi connectivity index (χ4n) is 2.72. The van der Waals surface area contributed by atoms with Crippen molar-refractivity contribution < 1.29 is 24.0 Å². The van der Waals surface area contributed by atoms with Gasteiger partial charge in [-0.05, 0) is 17.7 Å². The summed E-state index contributed by atoms with van der Waals surface area (Å²) >= 11 is 0. The van der Waals surface area contributed by atoms with Gasteiger partial charge in [-0.25, -0.2) is 0 Å². The number of carbonyl (C=O) groups excluding carboxylic acids is 2. The van der Waals surface area contributed by atoms with E-state index in [9.17, 15) is 19.7 Å². The molecule has 2 N–H and O–H groups in total. The number of hydrogen-bond acceptors (Lipinski definition) is 6. The molecule has 1 amide bonds. The lowest BCUT2D eigenvalue weighted by molar-refractivity contribution is -0.384. The largest absolute Gasteiger partial charge is 0.495 e. The Hall–Kier alpha value is -3.88. The van der Waals surface area contributed by atoms with Crippen LogP contribution in [-0.4, -0.2) is 35.5 Å². The molecule has 3 rings (SSSR count). The second-order valence-corrected chi connectivity index (χ2v) is 5.89. The Balaban J connectivity index is 1.59. The van der Waals surface area contributed by atoms with E-state index < -0.39 is 23.4 Å². The summed E-state index contributed by atoms with van der Waals surface area (Å²) in [7, 11) is 1.37. The highest BCUT2D eigenvalue weighted by molar-refractivity contribution is 5.95. The van der Waals surface area contributed by atoms with Gasteiger partial charge in [0.25, 0.3) is 11.6 Å². The molecule has 0 radical (unpaired) electrons. The first-order valence-electron chi connectivity index (χ1n) is 8.31. The van der Waals surface area contributed by atoms with Crippen LogP contribution in [0.4, 0.5) is 11.4 Å². The molecule has 0 unspecified atom stereocenters. The van der Waals surface area contributed by atoms with Gasteiger partial charge in [-0.3, -0.25) is 19.7 Å². The van der Waals surface area contributed by atoms with E-state index in [4.69, 9.17) is 9.47 Å². The van der Waals surface area contributed by atoms with Crippen molar-refractivity contribution in [1.29, 1.82) is 0 Å². The van der Waals surface area contributed by atoms with E-state index in [-0.39, 0.29) is 23.5 Å². The van der Waals surface area contributed by atoms with Crippen LogP contribution in [0.2, 0.25) is 0 Å². The van der Waals surface area contributed by atoms with Crippen molar-refractivity contribution >= 4 is 34.2 Å². The van der Waals surface area contributed by atoms with Crippen molar-refractivity contribution in [1.82, 2.24) is 4.98 Å². The molecule has 2 aromatic carbocycles. The van der Waals surface area contributed by atoms with Crippen molar-refractivity contribution in [2.24, 2.45) is 0 Å². The maximum Gasteiger partial charge on any atom is 0.310 e. The first-order valence-corrected chi connectivity index (χ1v) is 8.31. The number of H-pyrrole nitrogens is 1. The van der Waals surface area contributed by atoms with Crippen LogP contribution in [-0.2, 0) is 20.7 Å². The molecule has 0 saturated heterocycles. The molecule has 0 aliphatic rings. The van der Waals surface area contributed by atoms with Crippen LogP contribution < -0.4 is 10.1 Å². The molecular weight excluding hydrogens is 366 g/mol. The van der Waals surface area contributed by atoms with Crippen LogP contribution in [0, 0.1) is 10.1 Å². The van der Waals surface area contributed by atoms with Gasteiger partial charge < -0.3 is 19.8 Å². The third-order valence-electron chi connectivity index (χ3n) is 4.04. The molecule has 9 nitrogen and oxygen atoms in total. The fraction of sp³-hybridized carbons (Fsp3) is 0.158. The topological polar surface area (TPSA) is 124 Å². The Morgan fingerprint density at radius 3 is 2.75 bits per heavy atom. The first-order chi connectivity index (χ1) is 13.5. The minimum Gasteiger partial charge on any atom is -0.495 e. The molecule has 0 saturated carbocycles. The van der Waals surface area contributed by atoms with Gasteiger partial charge in [0.05, 0.1) is 24.1 Å². The van der Waals surface area contributed by atoms with E-state index in [0.717, 1.165) is 16.5 Å². The van der Waals surface area contributed by atoms with Gasteiger partial charge in [0, 0.05) is 29.2 Å². The minimum absolute atomic E-state index is 0.0113. The van der Waals surface area contributed by atoms with E-state index in [1.54, 1.807) is 6.20 Å². The van der Waals surface area contributed by atoms with Gasteiger partial charge in [0.1, 0.15) is 5.75 Å². The molecule has 0 aliphatic carbocycles. The first kappa shape index (κ1) is 18.9. The molecule has 0 bridgehead atoms. The number of ether oxygens (including phenoxy) is 2. The molecule has 0 atom stereocenters. The third kappa shape index (κ3) is 4.26. The summed E-state index contributed by atoms with van der Waals surface area (Å²) < 4.78 is 10.1. The fourth-order valence-corrected chi connectivity index (χ4v) is 2.72. The van der Waals surface area contributed by atoms with Gasteiger partial charge in [-0.2, -0.15) is 0 Å². The number of aromatic nitrogens is 1. The second-order valence-electron chi connectivity index (χ2n) is 5.89. The Kier molecular flexibility index (Phi) is 5.54. The Morgan fingerprint density at radius 2 is 2.00 bits per heavy atom. The number of nitrogens with one attached hydrogen (secondary N) is 2. The molecule has 1 heterocycles. The number of benzene rings is 2. The maximum atomic E-state index is 12.1. The summed E-state index contributed by atoms with van der Waals surface area (Å²) in [5.41, 5.74) is 1.59. The number of methoxy groups -OCH3 is 1. The zero-order chi connectivity index (χ0) is 20.1. The Morgan fingerprint density at radius 1 is 1.21 bits per heavy atom. The molecule has 0 fully saturated rings. The predicted octanol–water partition coefficient (Wildman–Crippen LogP) is 2.81. The average Bonchev–Trinajstić information content (AvgIpc) is 3.09. The predicted molar refractivity (Wildman–Crippen MR) is 101 cm³/mol. The Bertz CT molecular complexity index is 1040. The van der Waals surface area contributed by atoms with E-state index in [1.807, 2.05) is 24.3 Å². The van der Waals surface area contributed by atoms with Gasteiger partial charge in [0.15, 0.2) is 6.61 Å². The number of nitro benzene ring substituents is 1. The number of anilines is 1. The number of fused-ring (bicyclic) bond motifs is 1.